The average Bonchev–Trinajstić information content (AvgIpc) is 3.18. The van der Waals surface area contributed by atoms with Crippen LogP contribution in [0.2, 0.25) is 0 Å². The quantitative estimate of drug-likeness (QED) is 0.511. The molecule has 0 spiro atoms. The standard InChI is InChI=1S/C25H33F2N3O/c1-17-8-10-20(18(2)14-17)15-21(31)11-13-24-29-28-23(30(24)22-16-25(22,26)27)12-9-19-6-4-3-5-7-19/h8,10,14,19,22H,3-7,9,11-13,15-16H2,1-2H3. The number of carbonyl (C=O) groups is 1. The molecule has 1 heterocycles. The van der Waals surface area contributed by atoms with Crippen molar-refractivity contribution in [1.82, 2.24) is 14.8 Å². The Hall–Kier alpha value is -2.11. The average molecular weight is 430 g/mol. The van der Waals surface area contributed by atoms with Crippen molar-refractivity contribution in [3.63, 3.8) is 0 Å². The number of hydrogen-bond acceptors (Lipinski definition) is 3. The van der Waals surface area contributed by atoms with E-state index in [4.69, 9.17) is 0 Å². The second-order valence-electron chi connectivity index (χ2n) is 9.57. The number of rotatable bonds is 9. The molecule has 0 N–H and O–H groups in total. The van der Waals surface area contributed by atoms with Crippen LogP contribution < -0.4 is 0 Å². The van der Waals surface area contributed by atoms with Crippen LogP contribution in [0.15, 0.2) is 18.2 Å². The molecule has 31 heavy (non-hydrogen) atoms. The van der Waals surface area contributed by atoms with Crippen molar-refractivity contribution in [2.75, 3.05) is 0 Å². The number of aryl methyl sites for hydroxylation is 4. The number of benzene rings is 1. The second-order valence-corrected chi connectivity index (χ2v) is 9.57. The van der Waals surface area contributed by atoms with E-state index in [0.29, 0.717) is 43.3 Å². The minimum atomic E-state index is -2.68. The van der Waals surface area contributed by atoms with Crippen molar-refractivity contribution in [3.8, 4) is 0 Å². The molecular weight excluding hydrogens is 396 g/mol. The van der Waals surface area contributed by atoms with Gasteiger partial charge in [0.2, 0.25) is 0 Å². The molecular formula is C25H33F2N3O. The van der Waals surface area contributed by atoms with Gasteiger partial charge in [0.25, 0.3) is 5.92 Å². The van der Waals surface area contributed by atoms with Gasteiger partial charge in [-0.2, -0.15) is 0 Å². The van der Waals surface area contributed by atoms with Gasteiger partial charge in [-0.05, 0) is 37.3 Å². The van der Waals surface area contributed by atoms with E-state index in [-0.39, 0.29) is 12.2 Å². The van der Waals surface area contributed by atoms with E-state index >= 15 is 0 Å². The maximum Gasteiger partial charge on any atom is 0.270 e. The molecule has 1 aromatic carbocycles. The van der Waals surface area contributed by atoms with Crippen molar-refractivity contribution in [2.45, 2.75) is 96.4 Å². The molecule has 6 heteroatoms. The van der Waals surface area contributed by atoms with Gasteiger partial charge in [0.05, 0.1) is 0 Å². The van der Waals surface area contributed by atoms with Gasteiger partial charge in [-0.25, -0.2) is 8.78 Å². The van der Waals surface area contributed by atoms with Crippen molar-refractivity contribution in [3.05, 3.63) is 46.5 Å². The summed E-state index contributed by atoms with van der Waals surface area (Å²) in [4.78, 5) is 12.6. The Bertz CT molecular complexity index is 931. The van der Waals surface area contributed by atoms with Gasteiger partial charge in [0.1, 0.15) is 23.5 Å². The fraction of sp³-hybridized carbons (Fsp3) is 0.640. The molecule has 0 bridgehead atoms. The van der Waals surface area contributed by atoms with Crippen LogP contribution in [-0.2, 0) is 24.1 Å². The summed E-state index contributed by atoms with van der Waals surface area (Å²) in [5.41, 5.74) is 3.31. The Morgan fingerprint density at radius 3 is 2.42 bits per heavy atom. The van der Waals surface area contributed by atoms with E-state index < -0.39 is 12.0 Å². The van der Waals surface area contributed by atoms with Crippen molar-refractivity contribution >= 4 is 5.78 Å². The molecule has 4 nitrogen and oxygen atoms in total. The third-order valence-corrected chi connectivity index (χ3v) is 6.96. The van der Waals surface area contributed by atoms with Crippen LogP contribution in [0.5, 0.6) is 0 Å². The first-order valence-corrected chi connectivity index (χ1v) is 11.7. The number of hydrogen-bond donors (Lipinski definition) is 0. The van der Waals surface area contributed by atoms with Gasteiger partial charge >= 0.3 is 0 Å². The highest BCUT2D eigenvalue weighted by molar-refractivity contribution is 5.81. The van der Waals surface area contributed by atoms with E-state index in [9.17, 15) is 13.6 Å². The zero-order valence-corrected chi connectivity index (χ0v) is 18.7. The highest BCUT2D eigenvalue weighted by Gasteiger charge is 2.59. The smallest absolute Gasteiger partial charge is 0.270 e. The Labute approximate surface area is 183 Å². The number of ketones is 1. The summed E-state index contributed by atoms with van der Waals surface area (Å²) >= 11 is 0. The Morgan fingerprint density at radius 1 is 1.10 bits per heavy atom. The van der Waals surface area contributed by atoms with Gasteiger partial charge < -0.3 is 4.57 Å². The molecule has 2 saturated carbocycles. The first-order valence-electron chi connectivity index (χ1n) is 11.7. The van der Waals surface area contributed by atoms with Crippen LogP contribution in [0, 0.1) is 19.8 Å². The summed E-state index contributed by atoms with van der Waals surface area (Å²) in [7, 11) is 0. The predicted molar refractivity (Wildman–Crippen MR) is 116 cm³/mol. The maximum atomic E-state index is 13.9. The molecule has 2 aromatic rings. The van der Waals surface area contributed by atoms with Crippen LogP contribution in [0.3, 0.4) is 0 Å². The Balaban J connectivity index is 1.40. The van der Waals surface area contributed by atoms with Gasteiger partial charge in [0, 0.05) is 32.1 Å². The molecule has 0 saturated heterocycles. The van der Waals surface area contributed by atoms with Crippen LogP contribution in [0.4, 0.5) is 8.78 Å². The Kier molecular flexibility index (Phi) is 6.54. The third-order valence-electron chi connectivity index (χ3n) is 6.96. The molecule has 2 fully saturated rings. The summed E-state index contributed by atoms with van der Waals surface area (Å²) in [6.45, 7) is 4.05. The lowest BCUT2D eigenvalue weighted by Gasteiger charge is -2.21. The van der Waals surface area contributed by atoms with Crippen molar-refractivity contribution < 1.29 is 13.6 Å². The fourth-order valence-corrected chi connectivity index (χ4v) is 4.95. The minimum Gasteiger partial charge on any atom is -0.306 e. The van der Waals surface area contributed by atoms with Crippen molar-refractivity contribution in [1.29, 1.82) is 0 Å². The van der Waals surface area contributed by atoms with Gasteiger partial charge in [0.15, 0.2) is 0 Å². The molecule has 0 amide bonds. The molecule has 1 unspecified atom stereocenters. The van der Waals surface area contributed by atoms with E-state index in [1.165, 1.54) is 37.7 Å². The van der Waals surface area contributed by atoms with Crippen LogP contribution >= 0.6 is 0 Å². The van der Waals surface area contributed by atoms with Gasteiger partial charge in [-0.1, -0.05) is 55.9 Å². The van der Waals surface area contributed by atoms with Gasteiger partial charge in [-0.3, -0.25) is 4.79 Å². The molecule has 1 atom stereocenters. The molecule has 2 aliphatic carbocycles. The topological polar surface area (TPSA) is 47.8 Å². The highest BCUT2D eigenvalue weighted by atomic mass is 19.3. The molecule has 0 aliphatic heterocycles. The summed E-state index contributed by atoms with van der Waals surface area (Å²) in [5, 5.41) is 8.52. The number of Topliss-reactive ketones (excluding diaryl/α,β-unsaturated/α-hetero) is 1. The van der Waals surface area contributed by atoms with Crippen LogP contribution in [-0.4, -0.2) is 26.5 Å². The SMILES string of the molecule is Cc1ccc(CC(=O)CCc2nnc(CCC3CCCCC3)n2C2CC2(F)F)c(C)c1. The number of carbonyl (C=O) groups excluding carboxylic acids is 1. The molecule has 4 rings (SSSR count). The monoisotopic (exact) mass is 429 g/mol. The lowest BCUT2D eigenvalue weighted by atomic mass is 9.86. The predicted octanol–water partition coefficient (Wildman–Crippen LogP) is 5.73. The van der Waals surface area contributed by atoms with Crippen LogP contribution in [0.1, 0.15) is 85.7 Å². The molecule has 1 aromatic heterocycles. The number of nitrogens with zero attached hydrogens (tertiary/aromatic N) is 3. The lowest BCUT2D eigenvalue weighted by Crippen LogP contribution is -2.14. The first kappa shape index (κ1) is 22.1. The summed E-state index contributed by atoms with van der Waals surface area (Å²) in [6.07, 6.45) is 8.88. The molecule has 2 aliphatic rings. The van der Waals surface area contributed by atoms with E-state index in [1.807, 2.05) is 26.0 Å². The number of alkyl halides is 2. The first-order chi connectivity index (χ1) is 14.8. The summed E-state index contributed by atoms with van der Waals surface area (Å²) in [6, 6.07) is 5.25. The normalized spacial score (nSPS) is 20.7. The Morgan fingerprint density at radius 2 is 1.77 bits per heavy atom. The summed E-state index contributed by atoms with van der Waals surface area (Å²) < 4.78 is 29.5. The fourth-order valence-electron chi connectivity index (χ4n) is 4.95. The highest BCUT2D eigenvalue weighted by Crippen LogP contribution is 2.53. The third kappa shape index (κ3) is 5.39. The van der Waals surface area contributed by atoms with Crippen molar-refractivity contribution in [2.24, 2.45) is 5.92 Å². The minimum absolute atomic E-state index is 0.104. The number of halogens is 2. The van der Waals surface area contributed by atoms with Crippen LogP contribution in [0.25, 0.3) is 0 Å². The van der Waals surface area contributed by atoms with E-state index in [2.05, 4.69) is 16.3 Å². The maximum absolute atomic E-state index is 13.9. The van der Waals surface area contributed by atoms with Gasteiger partial charge in [-0.15, -0.1) is 10.2 Å². The largest absolute Gasteiger partial charge is 0.306 e. The number of aromatic nitrogens is 3. The van der Waals surface area contributed by atoms with E-state index in [1.54, 1.807) is 4.57 Å². The summed E-state index contributed by atoms with van der Waals surface area (Å²) in [5.74, 6) is -0.701. The zero-order valence-electron chi connectivity index (χ0n) is 18.7. The zero-order chi connectivity index (χ0) is 22.0. The molecule has 0 radical (unpaired) electrons. The second kappa shape index (κ2) is 9.17. The van der Waals surface area contributed by atoms with E-state index in [0.717, 1.165) is 17.5 Å². The molecule has 168 valence electrons. The lowest BCUT2D eigenvalue weighted by molar-refractivity contribution is -0.118.